The fourth-order valence-corrected chi connectivity index (χ4v) is 4.91. The number of anilines is 1. The summed E-state index contributed by atoms with van der Waals surface area (Å²) in [7, 11) is -2.49. The van der Waals surface area contributed by atoms with Crippen LogP contribution < -0.4 is 10.6 Å². The highest BCUT2D eigenvalue weighted by molar-refractivity contribution is 7.89. The van der Waals surface area contributed by atoms with E-state index < -0.39 is 10.0 Å². The van der Waals surface area contributed by atoms with Crippen LogP contribution in [0.4, 0.5) is 5.69 Å². The zero-order valence-corrected chi connectivity index (χ0v) is 20.6. The molecule has 184 valence electrons. The van der Waals surface area contributed by atoms with Crippen LogP contribution in [-0.4, -0.2) is 75.9 Å². The Morgan fingerprint density at radius 2 is 1.68 bits per heavy atom. The van der Waals surface area contributed by atoms with Gasteiger partial charge in [-0.15, -0.1) is 0 Å². The predicted molar refractivity (Wildman–Crippen MR) is 130 cm³/mol. The van der Waals surface area contributed by atoms with Gasteiger partial charge in [-0.3, -0.25) is 14.5 Å². The van der Waals surface area contributed by atoms with Crippen LogP contribution in [0.25, 0.3) is 0 Å². The Labute approximate surface area is 201 Å². The fraction of sp³-hybridized carbons (Fsp3) is 0.417. The lowest BCUT2D eigenvalue weighted by molar-refractivity contribution is -0.121. The van der Waals surface area contributed by atoms with E-state index in [4.69, 9.17) is 4.74 Å². The lowest BCUT2D eigenvalue weighted by Gasteiger charge is -2.35. The second-order valence-electron chi connectivity index (χ2n) is 8.35. The Morgan fingerprint density at radius 1 is 1.06 bits per heavy atom. The van der Waals surface area contributed by atoms with Gasteiger partial charge in [-0.05, 0) is 36.8 Å². The number of sulfonamides is 1. The predicted octanol–water partition coefficient (Wildman–Crippen LogP) is 1.76. The summed E-state index contributed by atoms with van der Waals surface area (Å²) in [6.07, 6.45) is 0. The first-order chi connectivity index (χ1) is 16.2. The third kappa shape index (κ3) is 6.86. The number of ether oxygens (including phenoxy) is 1. The molecule has 1 atom stereocenters. The largest absolute Gasteiger partial charge is 0.379 e. The first-order valence-corrected chi connectivity index (χ1v) is 12.6. The molecule has 0 radical (unpaired) electrons. The molecule has 2 N–H and O–H groups in total. The molecule has 0 bridgehead atoms. The molecule has 1 aliphatic rings. The average molecular weight is 489 g/mol. The second kappa shape index (κ2) is 11.6. The van der Waals surface area contributed by atoms with Crippen molar-refractivity contribution in [2.75, 3.05) is 51.8 Å². The molecule has 1 unspecified atom stereocenters. The highest BCUT2D eigenvalue weighted by atomic mass is 32.2. The van der Waals surface area contributed by atoms with Gasteiger partial charge in [-0.2, -0.15) is 4.31 Å². The smallest absolute Gasteiger partial charge is 0.243 e. The van der Waals surface area contributed by atoms with E-state index in [1.165, 1.54) is 38.2 Å². The highest BCUT2D eigenvalue weighted by Crippen LogP contribution is 2.22. The maximum Gasteiger partial charge on any atom is 0.243 e. The number of rotatable bonds is 9. The van der Waals surface area contributed by atoms with Crippen molar-refractivity contribution in [2.24, 2.45) is 0 Å². The monoisotopic (exact) mass is 488 g/mol. The summed E-state index contributed by atoms with van der Waals surface area (Å²) in [4.78, 5) is 26.1. The van der Waals surface area contributed by atoms with Gasteiger partial charge in [0.25, 0.3) is 0 Å². The van der Waals surface area contributed by atoms with Crippen molar-refractivity contribution in [3.05, 3.63) is 59.7 Å². The molecular formula is C24H32N4O5S. The number of morpholine rings is 1. The Balaban J connectivity index is 1.63. The van der Waals surface area contributed by atoms with E-state index >= 15 is 0 Å². The number of likely N-dealkylation sites (N-methyl/N-ethyl adjacent to an activating group) is 1. The molecule has 0 saturated carbocycles. The van der Waals surface area contributed by atoms with Crippen LogP contribution in [0.1, 0.15) is 24.1 Å². The summed E-state index contributed by atoms with van der Waals surface area (Å²) in [5, 5.41) is 5.50. The number of amides is 2. The van der Waals surface area contributed by atoms with E-state index in [2.05, 4.69) is 27.7 Å². The zero-order chi connectivity index (χ0) is 24.7. The molecule has 1 aliphatic heterocycles. The number of aryl methyl sites for hydroxylation is 1. The molecule has 1 heterocycles. The average Bonchev–Trinajstić information content (AvgIpc) is 2.81. The van der Waals surface area contributed by atoms with Gasteiger partial charge in [0, 0.05) is 39.3 Å². The van der Waals surface area contributed by atoms with Crippen molar-refractivity contribution < 1.29 is 22.7 Å². The minimum atomic E-state index is -3.86. The lowest BCUT2D eigenvalue weighted by Crippen LogP contribution is -2.45. The molecule has 0 aromatic heterocycles. The Kier molecular flexibility index (Phi) is 8.78. The van der Waals surface area contributed by atoms with E-state index in [0.29, 0.717) is 25.4 Å². The van der Waals surface area contributed by atoms with E-state index in [0.717, 1.165) is 28.5 Å². The van der Waals surface area contributed by atoms with Gasteiger partial charge < -0.3 is 15.4 Å². The third-order valence-corrected chi connectivity index (χ3v) is 7.51. The molecule has 2 aromatic carbocycles. The van der Waals surface area contributed by atoms with E-state index in [1.54, 1.807) is 0 Å². The van der Waals surface area contributed by atoms with E-state index in [-0.39, 0.29) is 29.3 Å². The molecule has 0 aliphatic carbocycles. The van der Waals surface area contributed by atoms with Crippen molar-refractivity contribution in [1.29, 1.82) is 0 Å². The van der Waals surface area contributed by atoms with Gasteiger partial charge in [0.15, 0.2) is 0 Å². The van der Waals surface area contributed by atoms with Crippen molar-refractivity contribution in [1.82, 2.24) is 14.5 Å². The van der Waals surface area contributed by atoms with Crippen molar-refractivity contribution >= 4 is 27.5 Å². The van der Waals surface area contributed by atoms with Crippen LogP contribution in [0.2, 0.25) is 0 Å². The summed E-state index contributed by atoms with van der Waals surface area (Å²) in [5.74, 6) is -0.628. The molecule has 1 saturated heterocycles. The normalized spacial score (nSPS) is 15.6. The molecule has 2 aromatic rings. The zero-order valence-electron chi connectivity index (χ0n) is 19.8. The maximum atomic E-state index is 12.9. The quantitative estimate of drug-likeness (QED) is 0.557. The van der Waals surface area contributed by atoms with Crippen molar-refractivity contribution in [2.45, 2.75) is 24.8 Å². The fourth-order valence-electron chi connectivity index (χ4n) is 3.78. The van der Waals surface area contributed by atoms with Gasteiger partial charge in [0.2, 0.25) is 21.8 Å². The molecule has 2 amide bonds. The SMILES string of the molecule is CC(=O)Nc1ccc(S(=O)(=O)N(C)CC(=O)NCC(c2ccc(C)cc2)N2CCOCC2)cc1. The van der Waals surface area contributed by atoms with Crippen LogP contribution in [0.5, 0.6) is 0 Å². The van der Waals surface area contributed by atoms with Crippen LogP contribution >= 0.6 is 0 Å². The van der Waals surface area contributed by atoms with E-state index in [9.17, 15) is 18.0 Å². The summed E-state index contributed by atoms with van der Waals surface area (Å²) >= 11 is 0. The topological polar surface area (TPSA) is 108 Å². The third-order valence-electron chi connectivity index (χ3n) is 5.69. The standard InChI is InChI=1S/C24H32N4O5S/c1-18-4-6-20(7-5-18)23(28-12-14-33-15-13-28)16-25-24(30)17-27(3)34(31,32)22-10-8-21(9-11-22)26-19(2)29/h4-11,23H,12-17H2,1-3H3,(H,25,30)(H,26,29). The highest BCUT2D eigenvalue weighted by Gasteiger charge is 2.26. The number of carbonyl (C=O) groups is 2. The summed E-state index contributed by atoms with van der Waals surface area (Å²) in [5.41, 5.74) is 2.75. The first kappa shape index (κ1) is 25.8. The summed E-state index contributed by atoms with van der Waals surface area (Å²) in [6, 6.07) is 14.0. The Bertz CT molecular complexity index is 1080. The number of benzene rings is 2. The molecule has 0 spiro atoms. The minimum Gasteiger partial charge on any atom is -0.379 e. The maximum absolute atomic E-state index is 12.9. The molecule has 1 fully saturated rings. The van der Waals surface area contributed by atoms with Crippen LogP contribution in [-0.2, 0) is 24.3 Å². The molecule has 9 nitrogen and oxygen atoms in total. The van der Waals surface area contributed by atoms with Crippen LogP contribution in [0, 0.1) is 6.92 Å². The summed E-state index contributed by atoms with van der Waals surface area (Å²) < 4.78 is 32.2. The molecule has 10 heteroatoms. The summed E-state index contributed by atoms with van der Waals surface area (Å²) in [6.45, 7) is 6.25. The van der Waals surface area contributed by atoms with Gasteiger partial charge in [0.1, 0.15) is 0 Å². The van der Waals surface area contributed by atoms with E-state index in [1.807, 2.05) is 19.1 Å². The number of nitrogens with zero attached hydrogens (tertiary/aromatic N) is 2. The lowest BCUT2D eigenvalue weighted by atomic mass is 10.0. The minimum absolute atomic E-state index is 0.0308. The van der Waals surface area contributed by atoms with Crippen LogP contribution in [0.15, 0.2) is 53.4 Å². The molecule has 34 heavy (non-hydrogen) atoms. The van der Waals surface area contributed by atoms with Crippen molar-refractivity contribution in [3.8, 4) is 0 Å². The molecule has 3 rings (SSSR count). The van der Waals surface area contributed by atoms with Crippen LogP contribution in [0.3, 0.4) is 0 Å². The second-order valence-corrected chi connectivity index (χ2v) is 10.4. The number of nitrogens with one attached hydrogen (secondary N) is 2. The first-order valence-electron chi connectivity index (χ1n) is 11.2. The van der Waals surface area contributed by atoms with Crippen molar-refractivity contribution in [3.63, 3.8) is 0 Å². The van der Waals surface area contributed by atoms with Gasteiger partial charge >= 0.3 is 0 Å². The van der Waals surface area contributed by atoms with Gasteiger partial charge in [0.05, 0.1) is 30.7 Å². The Hall–Kier alpha value is -2.79. The Morgan fingerprint density at radius 3 is 2.26 bits per heavy atom. The number of hydrogen-bond acceptors (Lipinski definition) is 6. The van der Waals surface area contributed by atoms with Gasteiger partial charge in [-0.1, -0.05) is 29.8 Å². The number of carbonyl (C=O) groups excluding carboxylic acids is 2. The van der Waals surface area contributed by atoms with Gasteiger partial charge in [-0.25, -0.2) is 8.42 Å². The molecular weight excluding hydrogens is 456 g/mol. The number of hydrogen-bond donors (Lipinski definition) is 2.